The largest absolute Gasteiger partial charge is 0.479 e. The lowest BCUT2D eigenvalue weighted by atomic mass is 9.89. The Labute approximate surface area is 143 Å². The molecule has 24 heavy (non-hydrogen) atoms. The zero-order valence-electron chi connectivity index (χ0n) is 13.7. The van der Waals surface area contributed by atoms with Gasteiger partial charge in [-0.25, -0.2) is 0 Å². The maximum Gasteiger partial charge on any atom is 0.289 e. The predicted octanol–water partition coefficient (Wildman–Crippen LogP) is 1.17. The molecule has 1 aromatic heterocycles. The van der Waals surface area contributed by atoms with Gasteiger partial charge in [-0.3, -0.25) is 24.0 Å². The lowest BCUT2D eigenvalue weighted by Crippen LogP contribution is -2.54. The number of methoxy groups -OCH3 is 1. The van der Waals surface area contributed by atoms with Crippen LogP contribution in [0.25, 0.3) is 0 Å². The molecule has 0 radical (unpaired) electrons. The summed E-state index contributed by atoms with van der Waals surface area (Å²) >= 11 is 1.03. The number of rotatable bonds is 4. The van der Waals surface area contributed by atoms with Crippen LogP contribution >= 0.6 is 11.8 Å². The Kier molecular flexibility index (Phi) is 4.79. The zero-order chi connectivity index (χ0) is 17.3. The maximum absolute atomic E-state index is 12.6. The number of hydrogen-bond acceptors (Lipinski definition) is 6. The van der Waals surface area contributed by atoms with Crippen molar-refractivity contribution in [2.24, 2.45) is 7.05 Å². The van der Waals surface area contributed by atoms with E-state index in [0.717, 1.165) is 31.0 Å². The summed E-state index contributed by atoms with van der Waals surface area (Å²) in [7, 11) is 3.17. The Hall–Kier alpha value is -2.03. The van der Waals surface area contributed by atoms with Gasteiger partial charge < -0.3 is 10.1 Å². The van der Waals surface area contributed by atoms with E-state index in [2.05, 4.69) is 10.4 Å². The second-order valence-electron chi connectivity index (χ2n) is 5.98. The molecule has 0 aromatic carbocycles. The first kappa shape index (κ1) is 16.8. The van der Waals surface area contributed by atoms with Crippen LogP contribution in [0, 0.1) is 0 Å². The molecule has 2 atom stereocenters. The van der Waals surface area contributed by atoms with Crippen LogP contribution in [0.1, 0.15) is 36.0 Å². The van der Waals surface area contributed by atoms with E-state index >= 15 is 0 Å². The van der Waals surface area contributed by atoms with Crippen LogP contribution in [0.5, 0.6) is 5.88 Å². The molecule has 8 nitrogen and oxygen atoms in total. The lowest BCUT2D eigenvalue weighted by molar-refractivity contribution is -0.127. The summed E-state index contributed by atoms with van der Waals surface area (Å²) < 4.78 is 6.63. The standard InChI is InChI=1S/C15H20N4O4S/c1-18-7-9(14(17-18)23-2)13(21)16-10-5-3-4-6-11(10)19-12(20)8-24-15(19)22/h7,10-11H,3-6,8H2,1-2H3,(H,16,21). The third-order valence-corrected chi connectivity index (χ3v) is 5.23. The molecular weight excluding hydrogens is 332 g/mol. The van der Waals surface area contributed by atoms with Crippen LogP contribution in [-0.4, -0.2) is 56.7 Å². The van der Waals surface area contributed by atoms with Gasteiger partial charge in [0, 0.05) is 13.2 Å². The number of aryl methyl sites for hydroxylation is 1. The summed E-state index contributed by atoms with van der Waals surface area (Å²) in [6, 6.07) is -0.525. The van der Waals surface area contributed by atoms with Crippen molar-refractivity contribution in [1.29, 1.82) is 0 Å². The highest BCUT2D eigenvalue weighted by Crippen LogP contribution is 2.30. The summed E-state index contributed by atoms with van der Waals surface area (Å²) in [5.74, 6) is -0.0307. The first-order valence-electron chi connectivity index (χ1n) is 7.88. The third kappa shape index (κ3) is 3.12. The monoisotopic (exact) mass is 352 g/mol. The third-order valence-electron chi connectivity index (χ3n) is 4.40. The summed E-state index contributed by atoms with van der Waals surface area (Å²) in [5.41, 5.74) is 0.345. The van der Waals surface area contributed by atoms with Crippen molar-refractivity contribution < 1.29 is 19.1 Å². The van der Waals surface area contributed by atoms with Gasteiger partial charge in [-0.2, -0.15) is 0 Å². The van der Waals surface area contributed by atoms with Crippen molar-refractivity contribution in [2.75, 3.05) is 12.9 Å². The van der Waals surface area contributed by atoms with Gasteiger partial charge in [-0.05, 0) is 12.8 Å². The Morgan fingerprint density at radius 2 is 2.12 bits per heavy atom. The highest BCUT2D eigenvalue weighted by atomic mass is 32.2. The summed E-state index contributed by atoms with van der Waals surface area (Å²) in [6.07, 6.45) is 4.94. The smallest absolute Gasteiger partial charge is 0.289 e. The molecule has 1 saturated carbocycles. The van der Waals surface area contributed by atoms with E-state index in [4.69, 9.17) is 4.74 Å². The number of aromatic nitrogens is 2. The van der Waals surface area contributed by atoms with Gasteiger partial charge >= 0.3 is 0 Å². The van der Waals surface area contributed by atoms with Gasteiger partial charge in [0.2, 0.25) is 11.8 Å². The second-order valence-corrected chi connectivity index (χ2v) is 6.90. The van der Waals surface area contributed by atoms with Crippen LogP contribution in [0.4, 0.5) is 4.79 Å². The maximum atomic E-state index is 12.6. The minimum atomic E-state index is -0.302. The summed E-state index contributed by atoms with van der Waals surface area (Å²) in [4.78, 5) is 38.0. The number of thioether (sulfide) groups is 1. The molecule has 130 valence electrons. The predicted molar refractivity (Wildman–Crippen MR) is 88.0 cm³/mol. The quantitative estimate of drug-likeness (QED) is 0.874. The lowest BCUT2D eigenvalue weighted by Gasteiger charge is -2.36. The number of amides is 3. The molecule has 3 amide bonds. The van der Waals surface area contributed by atoms with Gasteiger partial charge in [-0.15, -0.1) is 5.10 Å². The molecule has 3 rings (SSSR count). The Morgan fingerprint density at radius 1 is 1.38 bits per heavy atom. The van der Waals surface area contributed by atoms with E-state index in [-0.39, 0.29) is 40.8 Å². The van der Waals surface area contributed by atoms with Crippen LogP contribution in [-0.2, 0) is 11.8 Å². The fourth-order valence-electron chi connectivity index (χ4n) is 3.29. The van der Waals surface area contributed by atoms with Gasteiger partial charge in [0.15, 0.2) is 0 Å². The topological polar surface area (TPSA) is 93.5 Å². The second kappa shape index (κ2) is 6.84. The Morgan fingerprint density at radius 3 is 2.79 bits per heavy atom. The minimum absolute atomic E-state index is 0.171. The molecule has 1 aliphatic carbocycles. The highest BCUT2D eigenvalue weighted by molar-refractivity contribution is 8.14. The average Bonchev–Trinajstić information content (AvgIpc) is 3.10. The highest BCUT2D eigenvalue weighted by Gasteiger charge is 2.41. The normalized spacial score (nSPS) is 24.3. The minimum Gasteiger partial charge on any atom is -0.479 e. The van der Waals surface area contributed by atoms with E-state index < -0.39 is 0 Å². The SMILES string of the molecule is COc1nn(C)cc1C(=O)NC1CCCCC1N1C(=O)CSC1=O. The van der Waals surface area contributed by atoms with Crippen molar-refractivity contribution in [2.45, 2.75) is 37.8 Å². The molecule has 2 fully saturated rings. The molecule has 0 spiro atoms. The average molecular weight is 352 g/mol. The molecule has 1 saturated heterocycles. The van der Waals surface area contributed by atoms with Crippen molar-refractivity contribution in [3.63, 3.8) is 0 Å². The fraction of sp³-hybridized carbons (Fsp3) is 0.600. The molecule has 2 unspecified atom stereocenters. The number of nitrogens with zero attached hydrogens (tertiary/aromatic N) is 3. The molecule has 2 heterocycles. The number of imide groups is 1. The number of hydrogen-bond donors (Lipinski definition) is 1. The molecule has 0 bridgehead atoms. The molecule has 1 aliphatic heterocycles. The molecular formula is C15H20N4O4S. The Balaban J connectivity index is 1.77. The number of carbonyl (C=O) groups is 3. The van der Waals surface area contributed by atoms with Crippen LogP contribution in [0.2, 0.25) is 0 Å². The molecule has 2 aliphatic rings. The van der Waals surface area contributed by atoms with Crippen LogP contribution in [0.3, 0.4) is 0 Å². The van der Waals surface area contributed by atoms with Crippen molar-refractivity contribution >= 4 is 28.8 Å². The van der Waals surface area contributed by atoms with Crippen molar-refractivity contribution in [3.05, 3.63) is 11.8 Å². The Bertz CT molecular complexity index is 658. The van der Waals surface area contributed by atoms with Gasteiger partial charge in [0.25, 0.3) is 11.1 Å². The summed E-state index contributed by atoms with van der Waals surface area (Å²) in [5, 5.41) is 6.82. The van der Waals surface area contributed by atoms with Gasteiger partial charge in [-0.1, -0.05) is 24.6 Å². The molecule has 9 heteroatoms. The number of ether oxygens (including phenoxy) is 1. The van der Waals surface area contributed by atoms with E-state index in [1.165, 1.54) is 16.7 Å². The first-order valence-corrected chi connectivity index (χ1v) is 8.87. The van der Waals surface area contributed by atoms with Crippen LogP contribution in [0.15, 0.2) is 6.20 Å². The van der Waals surface area contributed by atoms with E-state index in [0.29, 0.717) is 12.0 Å². The molecule has 1 N–H and O–H groups in total. The fourth-order valence-corrected chi connectivity index (χ4v) is 4.06. The van der Waals surface area contributed by atoms with Crippen molar-refractivity contribution in [1.82, 2.24) is 20.0 Å². The van der Waals surface area contributed by atoms with E-state index in [1.54, 1.807) is 13.2 Å². The summed E-state index contributed by atoms with van der Waals surface area (Å²) in [6.45, 7) is 0. The molecule has 1 aromatic rings. The van der Waals surface area contributed by atoms with E-state index in [9.17, 15) is 14.4 Å². The van der Waals surface area contributed by atoms with Gasteiger partial charge in [0.1, 0.15) is 5.56 Å². The van der Waals surface area contributed by atoms with E-state index in [1.807, 2.05) is 0 Å². The zero-order valence-corrected chi connectivity index (χ0v) is 14.5. The number of carbonyl (C=O) groups excluding carboxylic acids is 3. The van der Waals surface area contributed by atoms with Crippen molar-refractivity contribution in [3.8, 4) is 5.88 Å². The van der Waals surface area contributed by atoms with Crippen LogP contribution < -0.4 is 10.1 Å². The van der Waals surface area contributed by atoms with Gasteiger partial charge in [0.05, 0.1) is 24.9 Å². The number of nitrogens with one attached hydrogen (secondary N) is 1. The first-order chi connectivity index (χ1) is 11.5.